The molecule has 1 N–H and O–H groups in total. The summed E-state index contributed by atoms with van der Waals surface area (Å²) in [4.78, 5) is 0. The van der Waals surface area contributed by atoms with Crippen LogP contribution in [0.3, 0.4) is 0 Å². The highest BCUT2D eigenvalue weighted by atomic mass is 19.1. The van der Waals surface area contributed by atoms with E-state index in [0.29, 0.717) is 6.10 Å². The molecule has 2 rings (SSSR count). The standard InChI is InChI=1S/C13H18FNO/c1-10(11-4-6-12(14)7-5-11)15-9-13-3-2-8-16-13/h4-7,10,13,15H,2-3,8-9H2,1H3/t10-,13?/m1/s1. The van der Waals surface area contributed by atoms with E-state index in [1.165, 1.54) is 12.1 Å². The molecule has 0 radical (unpaired) electrons. The van der Waals surface area contributed by atoms with Crippen LogP contribution in [-0.4, -0.2) is 19.3 Å². The third-order valence-corrected chi connectivity index (χ3v) is 3.05. The summed E-state index contributed by atoms with van der Waals surface area (Å²) in [5.41, 5.74) is 1.11. The highest BCUT2D eigenvalue weighted by molar-refractivity contribution is 5.19. The normalized spacial score (nSPS) is 22.2. The molecule has 1 saturated heterocycles. The highest BCUT2D eigenvalue weighted by Gasteiger charge is 2.16. The molecule has 2 atom stereocenters. The largest absolute Gasteiger partial charge is 0.377 e. The fraction of sp³-hybridized carbons (Fsp3) is 0.538. The van der Waals surface area contributed by atoms with Crippen LogP contribution in [0.15, 0.2) is 24.3 Å². The lowest BCUT2D eigenvalue weighted by molar-refractivity contribution is 0.108. The van der Waals surface area contributed by atoms with Gasteiger partial charge in [0.25, 0.3) is 0 Å². The van der Waals surface area contributed by atoms with Crippen LogP contribution in [0.4, 0.5) is 4.39 Å². The van der Waals surface area contributed by atoms with Crippen molar-refractivity contribution in [2.75, 3.05) is 13.2 Å². The van der Waals surface area contributed by atoms with Crippen LogP contribution >= 0.6 is 0 Å². The second-order valence-electron chi connectivity index (χ2n) is 4.32. The summed E-state index contributed by atoms with van der Waals surface area (Å²) in [7, 11) is 0. The Morgan fingerprint density at radius 2 is 2.19 bits per heavy atom. The van der Waals surface area contributed by atoms with E-state index in [1.54, 1.807) is 0 Å². The predicted molar refractivity (Wildman–Crippen MR) is 61.8 cm³/mol. The fourth-order valence-corrected chi connectivity index (χ4v) is 1.98. The molecule has 1 fully saturated rings. The third-order valence-electron chi connectivity index (χ3n) is 3.05. The van der Waals surface area contributed by atoms with Gasteiger partial charge in [-0.3, -0.25) is 0 Å². The van der Waals surface area contributed by atoms with Crippen LogP contribution in [0.5, 0.6) is 0 Å². The maximum absolute atomic E-state index is 12.7. The lowest BCUT2D eigenvalue weighted by atomic mass is 10.1. The van der Waals surface area contributed by atoms with Crippen molar-refractivity contribution in [2.24, 2.45) is 0 Å². The molecule has 1 aromatic rings. The molecular formula is C13H18FNO. The minimum Gasteiger partial charge on any atom is -0.377 e. The van der Waals surface area contributed by atoms with Gasteiger partial charge in [-0.05, 0) is 37.5 Å². The van der Waals surface area contributed by atoms with E-state index in [2.05, 4.69) is 12.2 Å². The van der Waals surface area contributed by atoms with E-state index in [9.17, 15) is 4.39 Å². The van der Waals surface area contributed by atoms with Crippen molar-refractivity contribution in [1.29, 1.82) is 0 Å². The molecule has 0 spiro atoms. The summed E-state index contributed by atoms with van der Waals surface area (Å²) >= 11 is 0. The minimum atomic E-state index is -0.185. The van der Waals surface area contributed by atoms with Crippen LogP contribution < -0.4 is 5.32 Å². The van der Waals surface area contributed by atoms with E-state index >= 15 is 0 Å². The second-order valence-corrected chi connectivity index (χ2v) is 4.32. The van der Waals surface area contributed by atoms with Gasteiger partial charge in [0.15, 0.2) is 0 Å². The Morgan fingerprint density at radius 3 is 2.81 bits per heavy atom. The van der Waals surface area contributed by atoms with Crippen molar-refractivity contribution in [2.45, 2.75) is 31.9 Å². The summed E-state index contributed by atoms with van der Waals surface area (Å²) in [6, 6.07) is 6.88. The zero-order chi connectivity index (χ0) is 11.4. The number of hydrogen-bond donors (Lipinski definition) is 1. The van der Waals surface area contributed by atoms with Gasteiger partial charge in [-0.25, -0.2) is 4.39 Å². The van der Waals surface area contributed by atoms with Crippen LogP contribution in [0.1, 0.15) is 31.4 Å². The van der Waals surface area contributed by atoms with Gasteiger partial charge in [0.05, 0.1) is 6.10 Å². The van der Waals surface area contributed by atoms with Gasteiger partial charge in [0.2, 0.25) is 0 Å². The molecule has 1 unspecified atom stereocenters. The quantitative estimate of drug-likeness (QED) is 0.847. The molecule has 1 heterocycles. The summed E-state index contributed by atoms with van der Waals surface area (Å²) in [6.07, 6.45) is 2.66. The lowest BCUT2D eigenvalue weighted by Gasteiger charge is -2.17. The molecule has 1 aromatic carbocycles. The van der Waals surface area contributed by atoms with Gasteiger partial charge in [0, 0.05) is 19.2 Å². The van der Waals surface area contributed by atoms with Gasteiger partial charge in [0.1, 0.15) is 5.82 Å². The molecule has 88 valence electrons. The van der Waals surface area contributed by atoms with Crippen molar-refractivity contribution in [3.63, 3.8) is 0 Å². The zero-order valence-electron chi connectivity index (χ0n) is 9.58. The number of nitrogens with one attached hydrogen (secondary N) is 1. The first-order chi connectivity index (χ1) is 7.75. The Labute approximate surface area is 95.8 Å². The van der Waals surface area contributed by atoms with Crippen LogP contribution in [-0.2, 0) is 4.74 Å². The number of rotatable bonds is 4. The first-order valence-electron chi connectivity index (χ1n) is 5.86. The summed E-state index contributed by atoms with van der Waals surface area (Å²) in [5.74, 6) is -0.185. The molecule has 16 heavy (non-hydrogen) atoms. The smallest absolute Gasteiger partial charge is 0.123 e. The van der Waals surface area contributed by atoms with Gasteiger partial charge in [-0.2, -0.15) is 0 Å². The number of benzene rings is 1. The average Bonchev–Trinajstić information content (AvgIpc) is 2.80. The summed E-state index contributed by atoms with van der Waals surface area (Å²) < 4.78 is 18.3. The Bertz CT molecular complexity index is 319. The zero-order valence-corrected chi connectivity index (χ0v) is 9.58. The first kappa shape index (κ1) is 11.6. The Kier molecular flexibility index (Phi) is 3.91. The Balaban J connectivity index is 1.82. The third kappa shape index (κ3) is 3.03. The maximum atomic E-state index is 12.7. The number of hydrogen-bond acceptors (Lipinski definition) is 2. The molecule has 1 aliphatic heterocycles. The average molecular weight is 223 g/mol. The minimum absolute atomic E-state index is 0.185. The molecule has 1 aliphatic rings. The van der Waals surface area contributed by atoms with E-state index in [0.717, 1.165) is 31.6 Å². The van der Waals surface area contributed by atoms with Gasteiger partial charge in [-0.1, -0.05) is 12.1 Å². The van der Waals surface area contributed by atoms with E-state index in [-0.39, 0.29) is 11.9 Å². The van der Waals surface area contributed by atoms with E-state index < -0.39 is 0 Å². The van der Waals surface area contributed by atoms with Gasteiger partial charge < -0.3 is 10.1 Å². The first-order valence-corrected chi connectivity index (χ1v) is 5.86. The highest BCUT2D eigenvalue weighted by Crippen LogP contribution is 2.15. The predicted octanol–water partition coefficient (Wildman–Crippen LogP) is 2.66. The van der Waals surface area contributed by atoms with Crippen LogP contribution in [0, 0.1) is 5.82 Å². The topological polar surface area (TPSA) is 21.3 Å². The monoisotopic (exact) mass is 223 g/mol. The molecule has 0 amide bonds. The van der Waals surface area contributed by atoms with Crippen molar-refractivity contribution in [3.8, 4) is 0 Å². The molecule has 0 aliphatic carbocycles. The maximum Gasteiger partial charge on any atom is 0.123 e. The fourth-order valence-electron chi connectivity index (χ4n) is 1.98. The van der Waals surface area contributed by atoms with Gasteiger partial charge >= 0.3 is 0 Å². The van der Waals surface area contributed by atoms with Crippen LogP contribution in [0.25, 0.3) is 0 Å². The Hall–Kier alpha value is -0.930. The Morgan fingerprint density at radius 1 is 1.44 bits per heavy atom. The summed E-state index contributed by atoms with van der Waals surface area (Å²) in [5, 5.41) is 3.41. The molecule has 2 nitrogen and oxygen atoms in total. The van der Waals surface area contributed by atoms with Crippen LogP contribution in [0.2, 0.25) is 0 Å². The number of halogens is 1. The molecule has 0 saturated carbocycles. The molecule has 3 heteroatoms. The second kappa shape index (κ2) is 5.41. The number of ether oxygens (including phenoxy) is 1. The molecular weight excluding hydrogens is 205 g/mol. The molecule has 0 bridgehead atoms. The van der Waals surface area contributed by atoms with Crippen molar-refractivity contribution < 1.29 is 9.13 Å². The van der Waals surface area contributed by atoms with E-state index in [4.69, 9.17) is 4.74 Å². The van der Waals surface area contributed by atoms with Crippen molar-refractivity contribution in [1.82, 2.24) is 5.32 Å². The summed E-state index contributed by atoms with van der Waals surface area (Å²) in [6.45, 7) is 3.85. The van der Waals surface area contributed by atoms with Gasteiger partial charge in [-0.15, -0.1) is 0 Å². The van der Waals surface area contributed by atoms with Crippen molar-refractivity contribution in [3.05, 3.63) is 35.6 Å². The van der Waals surface area contributed by atoms with Crippen molar-refractivity contribution >= 4 is 0 Å². The molecule has 0 aromatic heterocycles. The SMILES string of the molecule is C[C@@H](NCC1CCCO1)c1ccc(F)cc1. The van der Waals surface area contributed by atoms with E-state index in [1.807, 2.05) is 12.1 Å². The lowest BCUT2D eigenvalue weighted by Crippen LogP contribution is -2.28.